The normalized spacial score (nSPS) is 13.1. The smallest absolute Gasteiger partial charge is 0.413 e. The lowest BCUT2D eigenvalue weighted by molar-refractivity contribution is -0.139. The highest BCUT2D eigenvalue weighted by molar-refractivity contribution is 6.61. The molecule has 4 aromatic carbocycles. The number of benzene rings is 4. The number of nitrogens with one attached hydrogen (secondary N) is 1. The first-order valence-corrected chi connectivity index (χ1v) is 19.1. The number of hydrogen-bond acceptors (Lipinski definition) is 10. The Morgan fingerprint density at radius 2 is 0.967 bits per heavy atom. The number of hydrogen-bond donors (Lipinski definition) is 8. The van der Waals surface area contributed by atoms with E-state index in [1.165, 1.54) is 22.3 Å². The van der Waals surface area contributed by atoms with E-state index in [4.69, 9.17) is 60.0 Å². The number of aliphatic imine (C=N–C) groups is 2. The molecule has 0 saturated heterocycles. The van der Waals surface area contributed by atoms with Crippen molar-refractivity contribution in [1.29, 1.82) is 0 Å². The van der Waals surface area contributed by atoms with Crippen LogP contribution < -0.4 is 34.0 Å². The molecule has 17 heteroatoms. The molecule has 6 rings (SSSR count). The largest absolute Gasteiger partial charge is 0.480 e. The number of halogens is 1. The predicted molar refractivity (Wildman–Crippen MR) is 233 cm³/mol. The summed E-state index contributed by atoms with van der Waals surface area (Å²) in [6.07, 6.45) is 0.991. The number of carbonyl (C=O) groups is 4. The SMILES string of the molecule is C.NC(=NCCCC(N)C(=O)O)NC(=O)OCC1c2ccccc2-c2ccccc21.NC(N)=NCCCC(N)C(=O)O.O=C(Cl)OCC1c2ccccc2-c2ccccc21. The molecule has 13 N–H and O–H groups in total. The number of aliphatic carboxylic acids is 2. The summed E-state index contributed by atoms with van der Waals surface area (Å²) in [4.78, 5) is 51.4. The molecule has 0 heterocycles. The van der Waals surface area contributed by atoms with Crippen LogP contribution in [0.15, 0.2) is 107 Å². The fraction of sp³-hybridized carbons (Fsp3) is 0.302. The fourth-order valence-corrected chi connectivity index (χ4v) is 6.71. The summed E-state index contributed by atoms with van der Waals surface area (Å²) in [6, 6.07) is 30.8. The number of ether oxygens (including phenoxy) is 2. The van der Waals surface area contributed by atoms with Crippen molar-refractivity contribution in [2.24, 2.45) is 38.7 Å². The van der Waals surface area contributed by atoms with E-state index in [-0.39, 0.29) is 57.4 Å². The van der Waals surface area contributed by atoms with Gasteiger partial charge in [-0.3, -0.25) is 24.9 Å². The summed E-state index contributed by atoms with van der Waals surface area (Å²) >= 11 is 5.25. The van der Waals surface area contributed by atoms with Crippen molar-refractivity contribution in [1.82, 2.24) is 5.32 Å². The second kappa shape index (κ2) is 23.8. The van der Waals surface area contributed by atoms with Crippen LogP contribution in [0, 0.1) is 0 Å². The van der Waals surface area contributed by atoms with Gasteiger partial charge in [-0.05, 0) is 70.2 Å². The molecule has 1 amide bonds. The van der Waals surface area contributed by atoms with E-state index in [1.807, 2.05) is 60.7 Å². The van der Waals surface area contributed by atoms with Gasteiger partial charge in [0.1, 0.15) is 25.3 Å². The summed E-state index contributed by atoms with van der Waals surface area (Å²) in [5, 5.41) is 19.5. The van der Waals surface area contributed by atoms with E-state index in [1.54, 1.807) is 0 Å². The molecule has 2 aliphatic carbocycles. The minimum absolute atomic E-state index is 0. The summed E-state index contributed by atoms with van der Waals surface area (Å²) in [5.74, 6) is -2.08. The van der Waals surface area contributed by atoms with Crippen LogP contribution in [0.4, 0.5) is 9.59 Å². The highest BCUT2D eigenvalue weighted by Gasteiger charge is 2.30. The lowest BCUT2D eigenvalue weighted by Gasteiger charge is -2.14. The number of amides is 1. The average molecular weight is 845 g/mol. The van der Waals surface area contributed by atoms with Gasteiger partial charge in [0.15, 0.2) is 11.9 Å². The molecule has 0 radical (unpaired) electrons. The standard InChI is InChI=1S/C21H24N4O4.C15H11ClO2.C6H14N4O2.CH4/c22-18(19(26)27)10-5-11-24-20(23)25-21(28)29-12-17-15-8-3-1-6-13(15)14-7-2-4-9-16(14)17;16-15(17)18-9-14-12-7-3-1-5-10(12)11-6-2-4-8-13(11)14;7-4(5(11)12)2-1-3-10-6(8)9;/h1-4,6-9,17-18H,5,10-12,22H2,(H,26,27)(H3,23,24,25,28);1-8,14H,9H2;4H,1-3,7H2,(H,11,12)(H4,8,9,10);1H4. The van der Waals surface area contributed by atoms with Gasteiger partial charge in [0, 0.05) is 36.5 Å². The van der Waals surface area contributed by atoms with Crippen molar-refractivity contribution >= 4 is 47.0 Å². The maximum atomic E-state index is 12.1. The summed E-state index contributed by atoms with van der Waals surface area (Å²) in [6.45, 7) is 1.15. The quantitative estimate of drug-likeness (QED) is 0.0347. The highest BCUT2D eigenvalue weighted by Crippen LogP contribution is 2.45. The Labute approximate surface area is 353 Å². The monoisotopic (exact) mass is 844 g/mol. The maximum absolute atomic E-state index is 12.1. The number of guanidine groups is 2. The topological polar surface area (TPSA) is 294 Å². The Morgan fingerprint density at radius 1 is 0.617 bits per heavy atom. The summed E-state index contributed by atoms with van der Waals surface area (Å²) in [5.41, 5.74) is 35.0. The van der Waals surface area contributed by atoms with E-state index < -0.39 is 35.5 Å². The molecule has 60 heavy (non-hydrogen) atoms. The Morgan fingerprint density at radius 3 is 1.32 bits per heavy atom. The van der Waals surface area contributed by atoms with E-state index in [0.29, 0.717) is 25.8 Å². The zero-order valence-corrected chi connectivity index (χ0v) is 33.0. The first-order chi connectivity index (χ1) is 28.3. The molecular formula is C43H53ClN8O8. The van der Waals surface area contributed by atoms with Gasteiger partial charge in [-0.25, -0.2) is 9.59 Å². The molecule has 2 unspecified atom stereocenters. The van der Waals surface area contributed by atoms with Gasteiger partial charge < -0.3 is 48.4 Å². The lowest BCUT2D eigenvalue weighted by Crippen LogP contribution is -2.38. The van der Waals surface area contributed by atoms with Crippen LogP contribution in [0.25, 0.3) is 22.3 Å². The van der Waals surface area contributed by atoms with E-state index in [0.717, 1.165) is 22.3 Å². The molecule has 2 aliphatic rings. The molecule has 0 bridgehead atoms. The van der Waals surface area contributed by atoms with E-state index in [9.17, 15) is 19.2 Å². The molecule has 2 atom stereocenters. The van der Waals surface area contributed by atoms with Gasteiger partial charge in [-0.1, -0.05) is 104 Å². The highest BCUT2D eigenvalue weighted by atomic mass is 35.5. The Kier molecular flexibility index (Phi) is 19.0. The van der Waals surface area contributed by atoms with Crippen LogP contribution >= 0.6 is 11.6 Å². The van der Waals surface area contributed by atoms with Gasteiger partial charge in [0.05, 0.1) is 0 Å². The second-order valence-corrected chi connectivity index (χ2v) is 13.8. The van der Waals surface area contributed by atoms with Crippen LogP contribution in [-0.2, 0) is 19.1 Å². The molecule has 0 aliphatic heterocycles. The zero-order chi connectivity index (χ0) is 42.9. The van der Waals surface area contributed by atoms with Gasteiger partial charge in [0.25, 0.3) is 0 Å². The summed E-state index contributed by atoms with van der Waals surface area (Å²) in [7, 11) is 0. The van der Waals surface area contributed by atoms with Crippen molar-refractivity contribution in [3.05, 3.63) is 119 Å². The Hall–Kier alpha value is -6.49. The van der Waals surface area contributed by atoms with Crippen LogP contribution in [-0.4, -0.2) is 84.0 Å². The molecular weight excluding hydrogens is 792 g/mol. The van der Waals surface area contributed by atoms with Crippen molar-refractivity contribution in [2.45, 2.75) is 57.0 Å². The number of rotatable bonds is 14. The van der Waals surface area contributed by atoms with Crippen LogP contribution in [0.2, 0.25) is 0 Å². The minimum atomic E-state index is -1.06. The molecule has 16 nitrogen and oxygen atoms in total. The number of carboxylic acids is 2. The minimum Gasteiger partial charge on any atom is -0.480 e. The van der Waals surface area contributed by atoms with Crippen LogP contribution in [0.3, 0.4) is 0 Å². The van der Waals surface area contributed by atoms with Gasteiger partial charge in [-0.15, -0.1) is 0 Å². The van der Waals surface area contributed by atoms with E-state index >= 15 is 0 Å². The Balaban J connectivity index is 0.000000264. The fourth-order valence-electron chi connectivity index (χ4n) is 6.64. The molecule has 0 spiro atoms. The number of alkyl carbamates (subject to hydrolysis) is 1. The zero-order valence-electron chi connectivity index (χ0n) is 32.2. The Bertz CT molecular complexity index is 2050. The second-order valence-electron chi connectivity index (χ2n) is 13.5. The van der Waals surface area contributed by atoms with Crippen molar-refractivity contribution in [2.75, 3.05) is 26.3 Å². The third kappa shape index (κ3) is 13.8. The summed E-state index contributed by atoms with van der Waals surface area (Å²) < 4.78 is 10.3. The van der Waals surface area contributed by atoms with Crippen molar-refractivity contribution in [3.8, 4) is 22.3 Å². The molecule has 4 aromatic rings. The number of carboxylic acid groups (broad SMARTS) is 2. The predicted octanol–water partition coefficient (Wildman–Crippen LogP) is 5.29. The molecule has 0 saturated carbocycles. The third-order valence-electron chi connectivity index (χ3n) is 9.46. The number of nitrogens with zero attached hydrogens (tertiary/aromatic N) is 2. The van der Waals surface area contributed by atoms with Crippen LogP contribution in [0.1, 0.15) is 67.2 Å². The van der Waals surface area contributed by atoms with Crippen LogP contribution in [0.5, 0.6) is 0 Å². The number of fused-ring (bicyclic) bond motifs is 6. The van der Waals surface area contributed by atoms with Gasteiger partial charge in [-0.2, -0.15) is 0 Å². The van der Waals surface area contributed by atoms with Gasteiger partial charge in [0.2, 0.25) is 0 Å². The lowest BCUT2D eigenvalue weighted by atomic mass is 9.98. The van der Waals surface area contributed by atoms with Crippen molar-refractivity contribution in [3.63, 3.8) is 0 Å². The maximum Gasteiger partial charge on any atom is 0.413 e. The number of carbonyl (C=O) groups excluding carboxylic acids is 2. The number of nitrogens with two attached hydrogens (primary N) is 5. The molecule has 0 aromatic heterocycles. The first kappa shape index (κ1) is 47.9. The first-order valence-electron chi connectivity index (χ1n) is 18.7. The molecule has 0 fully saturated rings. The van der Waals surface area contributed by atoms with E-state index in [2.05, 4.69) is 51.7 Å². The average Bonchev–Trinajstić information content (AvgIpc) is 3.72. The van der Waals surface area contributed by atoms with Crippen molar-refractivity contribution < 1.29 is 38.9 Å². The molecule has 320 valence electrons. The van der Waals surface area contributed by atoms with Gasteiger partial charge >= 0.3 is 23.5 Å². The third-order valence-corrected chi connectivity index (χ3v) is 9.57.